The number of benzene rings is 1. The summed E-state index contributed by atoms with van der Waals surface area (Å²) >= 11 is 6.07. The number of nitriles is 1. The monoisotopic (exact) mass is 325 g/mol. The highest BCUT2D eigenvalue weighted by Gasteiger charge is 2.41. The second kappa shape index (κ2) is 5.58. The van der Waals surface area contributed by atoms with E-state index in [1.54, 1.807) is 4.31 Å². The van der Waals surface area contributed by atoms with E-state index in [4.69, 9.17) is 16.9 Å². The summed E-state index contributed by atoms with van der Waals surface area (Å²) in [6.07, 6.45) is 1.91. The molecule has 1 aromatic rings. The van der Waals surface area contributed by atoms with Gasteiger partial charge in [-0.3, -0.25) is 0 Å². The van der Waals surface area contributed by atoms with E-state index in [0.717, 1.165) is 19.4 Å². The molecule has 2 aliphatic rings. The summed E-state index contributed by atoms with van der Waals surface area (Å²) in [4.78, 5) is 0.0377. The van der Waals surface area contributed by atoms with E-state index in [9.17, 15) is 8.42 Å². The van der Waals surface area contributed by atoms with Gasteiger partial charge in [0, 0.05) is 19.1 Å². The van der Waals surface area contributed by atoms with Gasteiger partial charge in [0.05, 0.1) is 16.7 Å². The Morgan fingerprint density at radius 3 is 2.95 bits per heavy atom. The molecule has 2 saturated heterocycles. The second-order valence-corrected chi connectivity index (χ2v) is 7.77. The molecule has 0 amide bonds. The Morgan fingerprint density at radius 1 is 1.38 bits per heavy atom. The highest BCUT2D eigenvalue weighted by Crippen LogP contribution is 2.33. The van der Waals surface area contributed by atoms with E-state index in [1.807, 2.05) is 6.07 Å². The summed E-state index contributed by atoms with van der Waals surface area (Å²) in [6.45, 7) is 2.06. The van der Waals surface area contributed by atoms with Gasteiger partial charge in [0.25, 0.3) is 0 Å². The number of hydrogen-bond acceptors (Lipinski definition) is 4. The van der Waals surface area contributed by atoms with Gasteiger partial charge >= 0.3 is 0 Å². The minimum Gasteiger partial charge on any atom is -0.315 e. The molecule has 0 bridgehead atoms. The molecular formula is C14H16ClN3O2S. The second-order valence-electron chi connectivity index (χ2n) is 5.50. The van der Waals surface area contributed by atoms with Gasteiger partial charge in [0.15, 0.2) is 0 Å². The van der Waals surface area contributed by atoms with Crippen LogP contribution in [-0.2, 0) is 10.0 Å². The van der Waals surface area contributed by atoms with Gasteiger partial charge < -0.3 is 5.32 Å². The molecule has 2 heterocycles. The molecule has 0 spiro atoms. The largest absolute Gasteiger partial charge is 0.315 e. The number of rotatable bonds is 2. The third kappa shape index (κ3) is 2.55. The number of piperidine rings is 1. The third-order valence-electron chi connectivity index (χ3n) is 4.27. The van der Waals surface area contributed by atoms with Crippen molar-refractivity contribution < 1.29 is 8.42 Å². The zero-order chi connectivity index (χ0) is 15.0. The molecule has 2 aliphatic heterocycles. The van der Waals surface area contributed by atoms with Gasteiger partial charge in [-0.05, 0) is 43.5 Å². The average Bonchev–Trinajstić information content (AvgIpc) is 2.95. The lowest BCUT2D eigenvalue weighted by molar-refractivity contribution is 0.217. The lowest BCUT2D eigenvalue weighted by Crippen LogP contribution is -2.48. The zero-order valence-electron chi connectivity index (χ0n) is 11.4. The van der Waals surface area contributed by atoms with Gasteiger partial charge in [-0.2, -0.15) is 9.57 Å². The molecule has 2 unspecified atom stereocenters. The molecule has 0 aliphatic carbocycles. The van der Waals surface area contributed by atoms with Crippen LogP contribution in [0.3, 0.4) is 0 Å². The molecule has 2 fully saturated rings. The predicted octanol–water partition coefficient (Wildman–Crippen LogP) is 1.58. The minimum absolute atomic E-state index is 0.00874. The first-order valence-electron chi connectivity index (χ1n) is 6.96. The van der Waals surface area contributed by atoms with Crippen molar-refractivity contribution in [2.45, 2.75) is 23.8 Å². The SMILES string of the molecule is N#Cc1ccc(Cl)c(S(=O)(=O)N2CCCC3CNCC32)c1. The number of nitrogens with one attached hydrogen (secondary N) is 1. The maximum absolute atomic E-state index is 12.9. The average molecular weight is 326 g/mol. The van der Waals surface area contributed by atoms with Crippen LogP contribution >= 0.6 is 11.6 Å². The molecule has 0 aromatic heterocycles. The molecule has 5 nitrogen and oxygen atoms in total. The summed E-state index contributed by atoms with van der Waals surface area (Å²) < 4.78 is 27.4. The van der Waals surface area contributed by atoms with E-state index in [-0.39, 0.29) is 16.0 Å². The number of fused-ring (bicyclic) bond motifs is 1. The Labute approximate surface area is 129 Å². The topological polar surface area (TPSA) is 73.2 Å². The Morgan fingerprint density at radius 2 is 2.19 bits per heavy atom. The van der Waals surface area contributed by atoms with Crippen molar-refractivity contribution >= 4 is 21.6 Å². The maximum Gasteiger partial charge on any atom is 0.244 e. The van der Waals surface area contributed by atoms with Crippen molar-refractivity contribution in [1.29, 1.82) is 5.26 Å². The van der Waals surface area contributed by atoms with Crippen molar-refractivity contribution in [2.75, 3.05) is 19.6 Å². The first-order valence-corrected chi connectivity index (χ1v) is 8.78. The smallest absolute Gasteiger partial charge is 0.244 e. The lowest BCUT2D eigenvalue weighted by Gasteiger charge is -2.36. The van der Waals surface area contributed by atoms with Crippen LogP contribution in [0.1, 0.15) is 18.4 Å². The zero-order valence-corrected chi connectivity index (χ0v) is 13.0. The van der Waals surface area contributed by atoms with E-state index in [1.165, 1.54) is 18.2 Å². The fraction of sp³-hybridized carbons (Fsp3) is 0.500. The Bertz CT molecular complexity index is 699. The summed E-state index contributed by atoms with van der Waals surface area (Å²) in [5.74, 6) is 0.367. The van der Waals surface area contributed by atoms with Crippen LogP contribution in [0.4, 0.5) is 0 Å². The molecule has 3 rings (SSSR count). The van der Waals surface area contributed by atoms with Crippen LogP contribution in [0.5, 0.6) is 0 Å². The van der Waals surface area contributed by atoms with Crippen LogP contribution in [0, 0.1) is 17.2 Å². The molecule has 0 saturated carbocycles. The third-order valence-corrected chi connectivity index (χ3v) is 6.68. The molecule has 1 N–H and O–H groups in total. The Hall–Kier alpha value is -1.13. The van der Waals surface area contributed by atoms with E-state index >= 15 is 0 Å². The quantitative estimate of drug-likeness (QED) is 0.896. The van der Waals surface area contributed by atoms with E-state index in [2.05, 4.69) is 5.32 Å². The number of halogens is 1. The predicted molar refractivity (Wildman–Crippen MR) is 79.4 cm³/mol. The number of sulfonamides is 1. The van der Waals surface area contributed by atoms with Crippen molar-refractivity contribution in [1.82, 2.24) is 9.62 Å². The Balaban J connectivity index is 2.02. The highest BCUT2D eigenvalue weighted by atomic mass is 35.5. The number of hydrogen-bond donors (Lipinski definition) is 1. The van der Waals surface area contributed by atoms with E-state index < -0.39 is 10.0 Å². The molecule has 1 aromatic carbocycles. The fourth-order valence-corrected chi connectivity index (χ4v) is 5.45. The fourth-order valence-electron chi connectivity index (χ4n) is 3.22. The molecule has 2 atom stereocenters. The molecular weight excluding hydrogens is 310 g/mol. The molecule has 112 valence electrons. The van der Waals surface area contributed by atoms with Crippen LogP contribution < -0.4 is 5.32 Å². The first-order chi connectivity index (χ1) is 10.0. The van der Waals surface area contributed by atoms with Crippen molar-refractivity contribution in [2.24, 2.45) is 5.92 Å². The molecule has 0 radical (unpaired) electrons. The summed E-state index contributed by atoms with van der Waals surface area (Å²) in [6, 6.07) is 6.32. The van der Waals surface area contributed by atoms with Gasteiger partial charge in [0.2, 0.25) is 10.0 Å². The maximum atomic E-state index is 12.9. The normalized spacial score (nSPS) is 26.3. The first kappa shape index (κ1) is 14.8. The molecule has 7 heteroatoms. The van der Waals surface area contributed by atoms with Crippen molar-refractivity contribution in [3.63, 3.8) is 0 Å². The van der Waals surface area contributed by atoms with Crippen LogP contribution in [0.15, 0.2) is 23.1 Å². The lowest BCUT2D eigenvalue weighted by atomic mass is 9.94. The van der Waals surface area contributed by atoms with Gasteiger partial charge in [-0.25, -0.2) is 8.42 Å². The summed E-state index contributed by atoms with van der Waals surface area (Å²) in [7, 11) is -3.67. The standard InChI is InChI=1S/C14H16ClN3O2S/c15-12-4-3-10(7-16)6-14(12)21(19,20)18-5-1-2-11-8-17-9-13(11)18/h3-4,6,11,13,17H,1-2,5,8-9H2. The number of nitrogens with zero attached hydrogens (tertiary/aromatic N) is 2. The summed E-state index contributed by atoms with van der Waals surface area (Å²) in [5, 5.41) is 12.4. The van der Waals surface area contributed by atoms with Crippen molar-refractivity contribution in [3.8, 4) is 6.07 Å². The van der Waals surface area contributed by atoms with Crippen LogP contribution in [-0.4, -0.2) is 38.4 Å². The molecule has 21 heavy (non-hydrogen) atoms. The summed E-state index contributed by atoms with van der Waals surface area (Å²) in [5.41, 5.74) is 0.302. The van der Waals surface area contributed by atoms with Crippen molar-refractivity contribution in [3.05, 3.63) is 28.8 Å². The van der Waals surface area contributed by atoms with Gasteiger partial charge in [0.1, 0.15) is 4.90 Å². The van der Waals surface area contributed by atoms with Gasteiger partial charge in [-0.1, -0.05) is 11.6 Å². The van der Waals surface area contributed by atoms with E-state index in [0.29, 0.717) is 24.6 Å². The minimum atomic E-state index is -3.67. The van der Waals surface area contributed by atoms with Crippen LogP contribution in [0.2, 0.25) is 5.02 Å². The highest BCUT2D eigenvalue weighted by molar-refractivity contribution is 7.89. The van der Waals surface area contributed by atoms with Gasteiger partial charge in [-0.15, -0.1) is 0 Å². The van der Waals surface area contributed by atoms with Crippen LogP contribution in [0.25, 0.3) is 0 Å². The Kier molecular flexibility index (Phi) is 3.93.